The third kappa shape index (κ3) is 2.80. The number of nitrogens with zero attached hydrogens (tertiary/aromatic N) is 3. The molecule has 1 aromatic heterocycles. The minimum absolute atomic E-state index is 1.00. The van der Waals surface area contributed by atoms with Crippen LogP contribution < -0.4 is 9.80 Å². The third-order valence-corrected chi connectivity index (χ3v) is 4.24. The molecule has 1 aromatic carbocycles. The van der Waals surface area contributed by atoms with E-state index in [1.54, 1.807) is 0 Å². The molecule has 0 atom stereocenters. The molecule has 0 N–H and O–H groups in total. The van der Waals surface area contributed by atoms with E-state index >= 15 is 0 Å². The predicted molar refractivity (Wildman–Crippen MR) is 87.5 cm³/mol. The molecule has 1 fully saturated rings. The second-order valence-corrected chi connectivity index (χ2v) is 5.98. The van der Waals surface area contributed by atoms with E-state index in [1.165, 1.54) is 11.3 Å². The summed E-state index contributed by atoms with van der Waals surface area (Å²) in [6, 6.07) is 12.7. The van der Waals surface area contributed by atoms with Gasteiger partial charge in [-0.05, 0) is 46.6 Å². The van der Waals surface area contributed by atoms with Crippen LogP contribution in [0.3, 0.4) is 0 Å². The lowest BCUT2D eigenvalue weighted by Crippen LogP contribution is -2.47. The van der Waals surface area contributed by atoms with Crippen molar-refractivity contribution in [2.24, 2.45) is 0 Å². The Labute approximate surface area is 128 Å². The van der Waals surface area contributed by atoms with Crippen LogP contribution in [0.25, 0.3) is 0 Å². The van der Waals surface area contributed by atoms with E-state index in [0.717, 1.165) is 36.5 Å². The average Bonchev–Trinajstić information content (AvgIpc) is 2.48. The largest absolute Gasteiger partial charge is 0.368 e. The molecule has 0 saturated carbocycles. The second-order valence-electron chi connectivity index (χ2n) is 5.13. The van der Waals surface area contributed by atoms with E-state index in [2.05, 4.69) is 74.0 Å². The zero-order valence-electron chi connectivity index (χ0n) is 11.6. The number of para-hydroxylation sites is 1. The lowest BCUT2D eigenvalue weighted by molar-refractivity contribution is 0.646. The maximum Gasteiger partial charge on any atom is 0.142 e. The van der Waals surface area contributed by atoms with Gasteiger partial charge in [0.25, 0.3) is 0 Å². The van der Waals surface area contributed by atoms with Gasteiger partial charge in [-0.1, -0.05) is 18.2 Å². The van der Waals surface area contributed by atoms with Gasteiger partial charge in [0.15, 0.2) is 0 Å². The van der Waals surface area contributed by atoms with Crippen LogP contribution in [-0.4, -0.2) is 31.2 Å². The smallest absolute Gasteiger partial charge is 0.142 e. The molecule has 3 rings (SSSR count). The summed E-state index contributed by atoms with van der Waals surface area (Å²) in [6.07, 6.45) is 1.93. The Hall–Kier alpha value is -1.55. The number of pyridine rings is 1. The monoisotopic (exact) mass is 331 g/mol. The first-order valence-electron chi connectivity index (χ1n) is 6.91. The van der Waals surface area contributed by atoms with Crippen molar-refractivity contribution < 1.29 is 0 Å². The molecule has 0 aliphatic carbocycles. The number of benzene rings is 1. The van der Waals surface area contributed by atoms with Crippen molar-refractivity contribution in [2.45, 2.75) is 6.92 Å². The summed E-state index contributed by atoms with van der Waals surface area (Å²) >= 11 is 3.62. The fourth-order valence-electron chi connectivity index (χ4n) is 2.57. The van der Waals surface area contributed by atoms with Crippen LogP contribution >= 0.6 is 15.9 Å². The predicted octanol–water partition coefficient (Wildman–Crippen LogP) is 3.48. The summed E-state index contributed by atoms with van der Waals surface area (Å²) in [5.74, 6) is 1.06. The Bertz CT molecular complexity index is 578. The Kier molecular flexibility index (Phi) is 3.92. The molecule has 4 heteroatoms. The number of hydrogen-bond acceptors (Lipinski definition) is 3. The van der Waals surface area contributed by atoms with E-state index in [1.807, 2.05) is 6.20 Å². The number of hydrogen-bond donors (Lipinski definition) is 0. The van der Waals surface area contributed by atoms with Crippen LogP contribution in [0.2, 0.25) is 0 Å². The van der Waals surface area contributed by atoms with Crippen LogP contribution in [0.5, 0.6) is 0 Å². The van der Waals surface area contributed by atoms with Gasteiger partial charge in [-0.25, -0.2) is 4.98 Å². The van der Waals surface area contributed by atoms with Crippen molar-refractivity contribution in [3.8, 4) is 0 Å². The van der Waals surface area contributed by atoms with Gasteiger partial charge in [0.2, 0.25) is 0 Å². The summed E-state index contributed by atoms with van der Waals surface area (Å²) in [7, 11) is 0. The SMILES string of the molecule is Cc1cnc(N2CCN(c3ccccc3)CC2)c(Br)c1. The van der Waals surface area contributed by atoms with Gasteiger partial charge >= 0.3 is 0 Å². The molecular weight excluding hydrogens is 314 g/mol. The van der Waals surface area contributed by atoms with Crippen molar-refractivity contribution in [1.29, 1.82) is 0 Å². The topological polar surface area (TPSA) is 19.4 Å². The molecule has 104 valence electrons. The fourth-order valence-corrected chi connectivity index (χ4v) is 3.29. The van der Waals surface area contributed by atoms with Crippen molar-refractivity contribution >= 4 is 27.4 Å². The highest BCUT2D eigenvalue weighted by atomic mass is 79.9. The van der Waals surface area contributed by atoms with Crippen molar-refractivity contribution in [1.82, 2.24) is 4.98 Å². The molecule has 1 aliphatic rings. The molecule has 2 aromatic rings. The van der Waals surface area contributed by atoms with Gasteiger partial charge < -0.3 is 9.80 Å². The molecule has 1 saturated heterocycles. The number of halogens is 1. The van der Waals surface area contributed by atoms with Crippen LogP contribution in [0.1, 0.15) is 5.56 Å². The standard InChI is InChI=1S/C16H18BrN3/c1-13-11-15(17)16(18-12-13)20-9-7-19(8-10-20)14-5-3-2-4-6-14/h2-6,11-12H,7-10H2,1H3. The number of aryl methyl sites for hydroxylation is 1. The molecule has 0 spiro atoms. The van der Waals surface area contributed by atoms with Gasteiger partial charge in [-0.3, -0.25) is 0 Å². The van der Waals surface area contributed by atoms with Crippen LogP contribution in [0.4, 0.5) is 11.5 Å². The van der Waals surface area contributed by atoms with Gasteiger partial charge in [0, 0.05) is 38.1 Å². The van der Waals surface area contributed by atoms with Gasteiger partial charge in [0.05, 0.1) is 4.47 Å². The van der Waals surface area contributed by atoms with Crippen molar-refractivity contribution in [2.75, 3.05) is 36.0 Å². The summed E-state index contributed by atoms with van der Waals surface area (Å²) in [5.41, 5.74) is 2.49. The molecule has 0 radical (unpaired) electrons. The van der Waals surface area contributed by atoms with E-state index in [9.17, 15) is 0 Å². The van der Waals surface area contributed by atoms with Crippen LogP contribution in [0.15, 0.2) is 47.1 Å². The van der Waals surface area contributed by atoms with Crippen LogP contribution in [-0.2, 0) is 0 Å². The lowest BCUT2D eigenvalue weighted by Gasteiger charge is -2.37. The number of rotatable bonds is 2. The van der Waals surface area contributed by atoms with Crippen LogP contribution in [0, 0.1) is 6.92 Å². The number of aromatic nitrogens is 1. The van der Waals surface area contributed by atoms with E-state index in [0.29, 0.717) is 0 Å². The molecule has 0 amide bonds. The number of anilines is 2. The van der Waals surface area contributed by atoms with E-state index in [4.69, 9.17) is 0 Å². The number of piperazine rings is 1. The normalized spacial score (nSPS) is 15.5. The average molecular weight is 332 g/mol. The fraction of sp³-hybridized carbons (Fsp3) is 0.312. The summed E-state index contributed by atoms with van der Waals surface area (Å²) in [4.78, 5) is 9.34. The van der Waals surface area contributed by atoms with E-state index in [-0.39, 0.29) is 0 Å². The molecule has 2 heterocycles. The van der Waals surface area contributed by atoms with Gasteiger partial charge in [0.1, 0.15) is 5.82 Å². The lowest BCUT2D eigenvalue weighted by atomic mass is 10.2. The first kappa shape index (κ1) is 13.4. The molecular formula is C16H18BrN3. The Morgan fingerprint density at radius 3 is 2.30 bits per heavy atom. The molecule has 0 unspecified atom stereocenters. The highest BCUT2D eigenvalue weighted by Gasteiger charge is 2.19. The first-order chi connectivity index (χ1) is 9.74. The minimum Gasteiger partial charge on any atom is -0.368 e. The van der Waals surface area contributed by atoms with Gasteiger partial charge in [-0.15, -0.1) is 0 Å². The highest BCUT2D eigenvalue weighted by Crippen LogP contribution is 2.26. The summed E-state index contributed by atoms with van der Waals surface area (Å²) in [5, 5.41) is 0. The molecule has 0 bridgehead atoms. The van der Waals surface area contributed by atoms with Crippen molar-refractivity contribution in [3.05, 3.63) is 52.6 Å². The second kappa shape index (κ2) is 5.83. The molecule has 1 aliphatic heterocycles. The molecule has 3 nitrogen and oxygen atoms in total. The van der Waals surface area contributed by atoms with Crippen molar-refractivity contribution in [3.63, 3.8) is 0 Å². The summed E-state index contributed by atoms with van der Waals surface area (Å²) < 4.78 is 1.09. The van der Waals surface area contributed by atoms with E-state index < -0.39 is 0 Å². The maximum atomic E-state index is 4.56. The van der Waals surface area contributed by atoms with Gasteiger partial charge in [-0.2, -0.15) is 0 Å². The highest BCUT2D eigenvalue weighted by molar-refractivity contribution is 9.10. The maximum absolute atomic E-state index is 4.56. The third-order valence-electron chi connectivity index (χ3n) is 3.66. The molecule has 20 heavy (non-hydrogen) atoms. The Balaban J connectivity index is 1.69. The minimum atomic E-state index is 1.00. The Morgan fingerprint density at radius 2 is 1.65 bits per heavy atom. The zero-order chi connectivity index (χ0) is 13.9. The quantitative estimate of drug-likeness (QED) is 0.839. The first-order valence-corrected chi connectivity index (χ1v) is 7.70. The summed E-state index contributed by atoms with van der Waals surface area (Å²) in [6.45, 7) is 6.14. The Morgan fingerprint density at radius 1 is 1.00 bits per heavy atom. The zero-order valence-corrected chi connectivity index (χ0v) is 13.2.